The summed E-state index contributed by atoms with van der Waals surface area (Å²) < 4.78 is 0. The van der Waals surface area contributed by atoms with Crippen LogP contribution in [0.2, 0.25) is 0 Å². The van der Waals surface area contributed by atoms with Crippen LogP contribution in [0.15, 0.2) is 17.1 Å². The third kappa shape index (κ3) is 2.53. The van der Waals surface area contributed by atoms with Gasteiger partial charge in [0, 0.05) is 6.07 Å². The van der Waals surface area contributed by atoms with Gasteiger partial charge in [-0.2, -0.15) is 0 Å². The van der Waals surface area contributed by atoms with Crippen molar-refractivity contribution in [2.45, 2.75) is 0 Å². The maximum Gasteiger partial charge on any atom is 0.339 e. The van der Waals surface area contributed by atoms with Crippen LogP contribution in [-0.2, 0) is 0 Å². The predicted molar refractivity (Wildman–Crippen MR) is 77.4 cm³/mol. The van der Waals surface area contributed by atoms with E-state index < -0.39 is 28.0 Å². The van der Waals surface area contributed by atoms with Crippen molar-refractivity contribution in [2.24, 2.45) is 4.99 Å². The molecule has 8 nitrogen and oxygen atoms in total. The summed E-state index contributed by atoms with van der Waals surface area (Å²) >= 11 is 1.58. The summed E-state index contributed by atoms with van der Waals surface area (Å²) in [6.07, 6.45) is 0. The first-order valence-electron chi connectivity index (χ1n) is 5.21. The molecule has 0 saturated carbocycles. The van der Waals surface area contributed by atoms with Gasteiger partial charge in [0.1, 0.15) is 10.6 Å². The van der Waals surface area contributed by atoms with Gasteiger partial charge in [0.05, 0.1) is 20.2 Å². The van der Waals surface area contributed by atoms with Crippen LogP contribution in [0.3, 0.4) is 0 Å². The van der Waals surface area contributed by atoms with Gasteiger partial charge in [0.15, 0.2) is 0 Å². The number of hydrogen-bond donors (Lipinski definition) is 2. The van der Waals surface area contributed by atoms with Crippen molar-refractivity contribution in [3.63, 3.8) is 0 Å². The van der Waals surface area contributed by atoms with Gasteiger partial charge in [-0.3, -0.25) is 15.1 Å². The summed E-state index contributed by atoms with van der Waals surface area (Å²) in [5.74, 6) is -2.88. The third-order valence-corrected chi connectivity index (χ3v) is 4.79. The van der Waals surface area contributed by atoms with E-state index in [1.54, 1.807) is 0 Å². The molecule has 0 spiro atoms. The molecule has 108 valence electrons. The molecular weight excluding hydrogens is 320 g/mol. The number of nitrogens with zero attached hydrogens (tertiary/aromatic N) is 2. The van der Waals surface area contributed by atoms with E-state index in [4.69, 9.17) is 5.11 Å². The molecule has 0 aliphatic rings. The number of carboxylic acids is 2. The van der Waals surface area contributed by atoms with E-state index >= 15 is 0 Å². The maximum atomic E-state index is 11.3. The fourth-order valence-electron chi connectivity index (χ4n) is 1.65. The van der Waals surface area contributed by atoms with Crippen LogP contribution >= 0.6 is 22.7 Å². The van der Waals surface area contributed by atoms with Crippen molar-refractivity contribution in [1.29, 1.82) is 0 Å². The molecule has 2 N–H and O–H groups in total. The molecule has 0 fully saturated rings. The Morgan fingerprint density at radius 2 is 1.81 bits per heavy atom. The zero-order valence-corrected chi connectivity index (χ0v) is 11.7. The minimum absolute atomic E-state index is 0.0500. The zero-order chi connectivity index (χ0) is 15.7. The van der Waals surface area contributed by atoms with Gasteiger partial charge in [-0.25, -0.2) is 9.59 Å². The number of thiophene rings is 2. The molecule has 0 aliphatic carbocycles. The SMILES string of the molecule is C=Nc1sc(-c2ccc([N+](=O)[O-])s2)c(C(=O)O)c1C(=O)O. The van der Waals surface area contributed by atoms with E-state index in [-0.39, 0.29) is 14.9 Å². The standard InChI is InChI=1S/C11H6N2O6S2/c1-12-9-7(11(16)17)6(10(14)15)8(21-9)4-2-3-5(20-4)13(18)19/h2-3H,1H2,(H,14,15)(H,16,17). The van der Waals surface area contributed by atoms with E-state index in [1.165, 1.54) is 12.1 Å². The summed E-state index contributed by atoms with van der Waals surface area (Å²) in [7, 11) is 0. The van der Waals surface area contributed by atoms with Gasteiger partial charge >= 0.3 is 16.9 Å². The van der Waals surface area contributed by atoms with Gasteiger partial charge in [-0.1, -0.05) is 11.3 Å². The number of aromatic carboxylic acids is 2. The van der Waals surface area contributed by atoms with Gasteiger partial charge in [0.25, 0.3) is 0 Å². The average molecular weight is 326 g/mol. The fraction of sp³-hybridized carbons (Fsp3) is 0. The molecule has 2 aromatic rings. The van der Waals surface area contributed by atoms with Crippen LogP contribution in [-0.4, -0.2) is 33.8 Å². The highest BCUT2D eigenvalue weighted by Crippen LogP contribution is 2.45. The smallest absolute Gasteiger partial charge is 0.339 e. The Hall–Kier alpha value is -2.59. The monoisotopic (exact) mass is 326 g/mol. The fourth-order valence-corrected chi connectivity index (χ4v) is 3.68. The van der Waals surface area contributed by atoms with Crippen molar-refractivity contribution >= 4 is 51.3 Å². The number of aliphatic imine (C=N–C) groups is 1. The van der Waals surface area contributed by atoms with Gasteiger partial charge in [-0.15, -0.1) is 11.3 Å². The first kappa shape index (κ1) is 14.8. The lowest BCUT2D eigenvalue weighted by Gasteiger charge is -1.97. The number of carbonyl (C=O) groups is 2. The number of carboxylic acid groups (broad SMARTS) is 2. The van der Waals surface area contributed by atoms with Crippen molar-refractivity contribution in [3.8, 4) is 9.75 Å². The van der Waals surface area contributed by atoms with E-state index in [9.17, 15) is 24.8 Å². The molecule has 0 amide bonds. The summed E-state index contributed by atoms with van der Waals surface area (Å²) in [6.45, 7) is 3.21. The summed E-state index contributed by atoms with van der Waals surface area (Å²) in [6, 6.07) is 2.60. The molecule has 0 atom stereocenters. The maximum absolute atomic E-state index is 11.3. The summed E-state index contributed by atoms with van der Waals surface area (Å²) in [5.41, 5.74) is -0.903. The Morgan fingerprint density at radius 1 is 1.19 bits per heavy atom. The topological polar surface area (TPSA) is 130 Å². The molecule has 2 heterocycles. The quantitative estimate of drug-likeness (QED) is 0.493. The third-order valence-electron chi connectivity index (χ3n) is 2.46. The van der Waals surface area contributed by atoms with Gasteiger partial charge in [-0.05, 0) is 12.8 Å². The van der Waals surface area contributed by atoms with Crippen LogP contribution < -0.4 is 0 Å². The van der Waals surface area contributed by atoms with Crippen LogP contribution in [0.1, 0.15) is 20.7 Å². The zero-order valence-electron chi connectivity index (χ0n) is 10.1. The molecule has 2 rings (SSSR count). The minimum Gasteiger partial charge on any atom is -0.478 e. The Morgan fingerprint density at radius 3 is 2.24 bits per heavy atom. The molecule has 0 unspecified atom stereocenters. The van der Waals surface area contributed by atoms with E-state index in [2.05, 4.69) is 11.7 Å². The highest BCUT2D eigenvalue weighted by molar-refractivity contribution is 7.25. The van der Waals surface area contributed by atoms with Crippen molar-refractivity contribution in [1.82, 2.24) is 0 Å². The number of hydrogen-bond acceptors (Lipinski definition) is 7. The van der Waals surface area contributed by atoms with Crippen LogP contribution in [0.5, 0.6) is 0 Å². The van der Waals surface area contributed by atoms with Crippen LogP contribution in [0, 0.1) is 10.1 Å². The molecule has 0 aliphatic heterocycles. The number of nitro groups is 1. The predicted octanol–water partition coefficient (Wildman–Crippen LogP) is 3.11. The summed E-state index contributed by atoms with van der Waals surface area (Å²) in [5, 5.41) is 28.8. The largest absolute Gasteiger partial charge is 0.478 e. The first-order chi connectivity index (χ1) is 9.86. The molecular formula is C11H6N2O6S2. The Bertz CT molecular complexity index is 776. The summed E-state index contributed by atoms with van der Waals surface area (Å²) in [4.78, 5) is 36.6. The average Bonchev–Trinajstić information content (AvgIpc) is 3.02. The second-order valence-electron chi connectivity index (χ2n) is 3.65. The highest BCUT2D eigenvalue weighted by atomic mass is 32.1. The molecule has 21 heavy (non-hydrogen) atoms. The number of rotatable bonds is 5. The lowest BCUT2D eigenvalue weighted by atomic mass is 10.1. The molecule has 10 heteroatoms. The van der Waals surface area contributed by atoms with Crippen molar-refractivity contribution in [2.75, 3.05) is 0 Å². The lowest BCUT2D eigenvalue weighted by Crippen LogP contribution is -2.06. The van der Waals surface area contributed by atoms with Crippen molar-refractivity contribution < 1.29 is 24.7 Å². The molecule has 0 saturated heterocycles. The van der Waals surface area contributed by atoms with E-state index in [0.717, 1.165) is 22.7 Å². The molecule has 2 aromatic heterocycles. The second-order valence-corrected chi connectivity index (χ2v) is 5.71. The van der Waals surface area contributed by atoms with E-state index in [0.29, 0.717) is 4.88 Å². The van der Waals surface area contributed by atoms with Gasteiger partial charge in [0.2, 0.25) is 0 Å². The Kier molecular flexibility index (Phi) is 3.82. The highest BCUT2D eigenvalue weighted by Gasteiger charge is 2.29. The Balaban J connectivity index is 2.73. The second kappa shape index (κ2) is 5.42. The van der Waals surface area contributed by atoms with Crippen LogP contribution in [0.25, 0.3) is 9.75 Å². The van der Waals surface area contributed by atoms with E-state index in [1.807, 2.05) is 0 Å². The molecule has 0 bridgehead atoms. The minimum atomic E-state index is -1.44. The molecule has 0 radical (unpaired) electrons. The molecule has 0 aromatic carbocycles. The normalized spacial score (nSPS) is 10.3. The van der Waals surface area contributed by atoms with Crippen molar-refractivity contribution in [3.05, 3.63) is 33.4 Å². The first-order valence-corrected chi connectivity index (χ1v) is 6.84. The Labute approximate surface area is 124 Å². The lowest BCUT2D eigenvalue weighted by molar-refractivity contribution is -0.380. The van der Waals surface area contributed by atoms with Gasteiger partial charge < -0.3 is 10.2 Å². The van der Waals surface area contributed by atoms with Crippen LogP contribution in [0.4, 0.5) is 10.0 Å².